The lowest BCUT2D eigenvalue weighted by Gasteiger charge is -2.45. The van der Waals surface area contributed by atoms with Gasteiger partial charge in [0.25, 0.3) is 0 Å². The Morgan fingerprint density at radius 3 is 2.38 bits per heavy atom. The first-order valence-corrected chi connectivity index (χ1v) is 19.2. The molecule has 2 saturated carbocycles. The van der Waals surface area contributed by atoms with E-state index in [0.717, 1.165) is 12.8 Å². The summed E-state index contributed by atoms with van der Waals surface area (Å²) in [5, 5.41) is 0. The third-order valence-electron chi connectivity index (χ3n) is 12.6. The molecule has 3 unspecified atom stereocenters. The van der Waals surface area contributed by atoms with E-state index < -0.39 is 0 Å². The maximum absolute atomic E-state index is 2.89. The zero-order chi connectivity index (χ0) is 33.4. The fourth-order valence-corrected chi connectivity index (χ4v) is 10.0. The van der Waals surface area contributed by atoms with E-state index in [9.17, 15) is 0 Å². The SMILES string of the molecule is C/C=C1\C2=C(C)C(C)C(=C(C)C3=C2C=CCC3)c2cc(/C(C)=C/C=C(\C)N(C3CCCCC3)C3CCCC(c4ccccc4)C3)ccc21. The summed E-state index contributed by atoms with van der Waals surface area (Å²) in [7, 11) is 0. The normalized spacial score (nSPS) is 26.1. The number of nitrogens with zero attached hydrogens (tertiary/aromatic N) is 1. The first kappa shape index (κ1) is 32.9. The zero-order valence-electron chi connectivity index (χ0n) is 30.5. The molecule has 0 amide bonds. The molecule has 48 heavy (non-hydrogen) atoms. The van der Waals surface area contributed by atoms with Crippen molar-refractivity contribution in [1.82, 2.24) is 4.90 Å². The van der Waals surface area contributed by atoms with Gasteiger partial charge in [-0.3, -0.25) is 0 Å². The number of benzene rings is 2. The molecule has 2 aromatic rings. The minimum Gasteiger partial charge on any atom is -0.369 e. The summed E-state index contributed by atoms with van der Waals surface area (Å²) in [6, 6.07) is 20.0. The van der Waals surface area contributed by atoms with Crippen LogP contribution in [0.5, 0.6) is 0 Å². The Morgan fingerprint density at radius 1 is 0.833 bits per heavy atom. The molecule has 0 radical (unpaired) electrons. The van der Waals surface area contributed by atoms with Crippen LogP contribution in [0.2, 0.25) is 0 Å². The van der Waals surface area contributed by atoms with E-state index in [1.807, 2.05) is 0 Å². The Kier molecular flexibility index (Phi) is 9.68. The Labute approximate surface area is 291 Å². The molecule has 3 atom stereocenters. The molecule has 2 fully saturated rings. The molecule has 0 aliphatic heterocycles. The van der Waals surface area contributed by atoms with Crippen LogP contribution in [0.4, 0.5) is 0 Å². The summed E-state index contributed by atoms with van der Waals surface area (Å²) in [6.45, 7) is 14.2. The van der Waals surface area contributed by atoms with Gasteiger partial charge in [-0.1, -0.05) is 105 Å². The van der Waals surface area contributed by atoms with Crippen LogP contribution in [0.1, 0.15) is 140 Å². The molecule has 1 nitrogen and oxygen atoms in total. The van der Waals surface area contributed by atoms with Gasteiger partial charge in [0.2, 0.25) is 0 Å². The summed E-state index contributed by atoms with van der Waals surface area (Å²) >= 11 is 0. The smallest absolute Gasteiger partial charge is 0.0295 e. The van der Waals surface area contributed by atoms with Gasteiger partial charge in [0, 0.05) is 23.7 Å². The van der Waals surface area contributed by atoms with Gasteiger partial charge in [-0.15, -0.1) is 0 Å². The van der Waals surface area contributed by atoms with E-state index in [-0.39, 0.29) is 0 Å². The van der Waals surface area contributed by atoms with Gasteiger partial charge in [-0.25, -0.2) is 0 Å². The summed E-state index contributed by atoms with van der Waals surface area (Å²) in [4.78, 5) is 2.89. The topological polar surface area (TPSA) is 3.24 Å². The third kappa shape index (κ3) is 6.08. The standard InChI is InChI=1S/C47H57N/c1-7-41-43-28-27-37(30-45(43)46-33(4)34(5)47(41)44-24-15-14-23-42(44)35(46)6)31(2)25-26-32(3)48(39-20-12-9-13-21-39)40-22-16-19-38(29-40)36-17-10-8-11-18-36/h7-8,10-11,15,17-18,24-28,30,33,38-40H,9,12-14,16,19-23,29H2,1-6H3/b31-25+,32-26+,41-7-. The van der Waals surface area contributed by atoms with Crippen LogP contribution < -0.4 is 0 Å². The second kappa shape index (κ2) is 14.1. The van der Waals surface area contributed by atoms with Crippen LogP contribution in [0.3, 0.4) is 0 Å². The number of hydrogen-bond acceptors (Lipinski definition) is 1. The van der Waals surface area contributed by atoms with Crippen molar-refractivity contribution in [2.24, 2.45) is 5.92 Å². The van der Waals surface area contributed by atoms with E-state index in [0.29, 0.717) is 23.9 Å². The monoisotopic (exact) mass is 635 g/mol. The molecule has 250 valence electrons. The lowest BCUT2D eigenvalue weighted by Crippen LogP contribution is -2.44. The Morgan fingerprint density at radius 2 is 1.60 bits per heavy atom. The van der Waals surface area contributed by atoms with Crippen LogP contribution >= 0.6 is 0 Å². The highest BCUT2D eigenvalue weighted by atomic mass is 15.2. The first-order valence-electron chi connectivity index (χ1n) is 19.2. The number of fused-ring (bicyclic) bond motifs is 5. The highest BCUT2D eigenvalue weighted by Crippen LogP contribution is 2.52. The van der Waals surface area contributed by atoms with E-state index in [2.05, 4.69) is 125 Å². The van der Waals surface area contributed by atoms with E-state index in [1.165, 1.54) is 125 Å². The van der Waals surface area contributed by atoms with Crippen molar-refractivity contribution in [1.29, 1.82) is 0 Å². The highest BCUT2D eigenvalue weighted by molar-refractivity contribution is 5.98. The predicted octanol–water partition coefficient (Wildman–Crippen LogP) is 13.2. The van der Waals surface area contributed by atoms with Crippen molar-refractivity contribution < 1.29 is 0 Å². The highest BCUT2D eigenvalue weighted by Gasteiger charge is 2.35. The van der Waals surface area contributed by atoms with Crippen LogP contribution in [0.25, 0.3) is 16.7 Å². The van der Waals surface area contributed by atoms with E-state index >= 15 is 0 Å². The van der Waals surface area contributed by atoms with Gasteiger partial charge >= 0.3 is 0 Å². The quantitative estimate of drug-likeness (QED) is 0.286. The van der Waals surface area contributed by atoms with E-state index in [4.69, 9.17) is 0 Å². The molecule has 7 rings (SSSR count). The van der Waals surface area contributed by atoms with Crippen LogP contribution in [-0.4, -0.2) is 17.0 Å². The van der Waals surface area contributed by atoms with Crippen molar-refractivity contribution in [3.63, 3.8) is 0 Å². The van der Waals surface area contributed by atoms with Crippen molar-refractivity contribution in [2.45, 2.75) is 130 Å². The number of rotatable bonds is 6. The lowest BCUT2D eigenvalue weighted by atomic mass is 9.78. The summed E-state index contributed by atoms with van der Waals surface area (Å²) in [6.07, 6.45) is 26.4. The minimum atomic E-state index is 0.399. The van der Waals surface area contributed by atoms with Crippen LogP contribution in [0, 0.1) is 5.92 Å². The fourth-order valence-electron chi connectivity index (χ4n) is 10.0. The predicted molar refractivity (Wildman–Crippen MR) is 208 cm³/mol. The maximum atomic E-state index is 2.89. The summed E-state index contributed by atoms with van der Waals surface area (Å²) in [5.41, 5.74) is 19.0. The van der Waals surface area contributed by atoms with Gasteiger partial charge in [0.05, 0.1) is 0 Å². The van der Waals surface area contributed by atoms with Crippen molar-refractivity contribution in [2.75, 3.05) is 0 Å². The average molecular weight is 636 g/mol. The fraction of sp³-hybridized carbons (Fsp3) is 0.447. The van der Waals surface area contributed by atoms with Crippen LogP contribution in [-0.2, 0) is 0 Å². The zero-order valence-corrected chi connectivity index (χ0v) is 30.5. The largest absolute Gasteiger partial charge is 0.369 e. The molecular formula is C47H57N. The Bertz CT molecular complexity index is 1760. The van der Waals surface area contributed by atoms with Gasteiger partial charge in [-0.05, 0) is 159 Å². The van der Waals surface area contributed by atoms with Crippen molar-refractivity contribution in [3.05, 3.63) is 135 Å². The van der Waals surface area contributed by atoms with Gasteiger partial charge in [0.1, 0.15) is 0 Å². The Balaban J connectivity index is 1.23. The molecular weight excluding hydrogens is 579 g/mol. The molecule has 0 saturated heterocycles. The van der Waals surface area contributed by atoms with Gasteiger partial charge < -0.3 is 4.90 Å². The van der Waals surface area contributed by atoms with Gasteiger partial charge in [0.15, 0.2) is 0 Å². The average Bonchev–Trinajstić information content (AvgIpc) is 3.27. The molecule has 0 spiro atoms. The first-order chi connectivity index (χ1) is 23.4. The Hall–Kier alpha value is -3.58. The lowest BCUT2D eigenvalue weighted by molar-refractivity contribution is 0.112. The second-order valence-electron chi connectivity index (χ2n) is 15.4. The number of allylic oxidation sites excluding steroid dienone is 14. The third-order valence-corrected chi connectivity index (χ3v) is 12.6. The summed E-state index contributed by atoms with van der Waals surface area (Å²) < 4.78 is 0. The molecule has 0 heterocycles. The van der Waals surface area contributed by atoms with Crippen molar-refractivity contribution >= 4 is 16.7 Å². The molecule has 2 aromatic carbocycles. The van der Waals surface area contributed by atoms with E-state index in [1.54, 1.807) is 5.57 Å². The molecule has 1 heteroatoms. The molecule has 0 aromatic heterocycles. The molecule has 0 N–H and O–H groups in total. The molecule has 5 aliphatic rings. The molecule has 5 aliphatic carbocycles. The second-order valence-corrected chi connectivity index (χ2v) is 15.4. The molecule has 2 bridgehead atoms. The van der Waals surface area contributed by atoms with Gasteiger partial charge in [-0.2, -0.15) is 0 Å². The maximum Gasteiger partial charge on any atom is 0.0295 e. The summed E-state index contributed by atoms with van der Waals surface area (Å²) in [5.74, 6) is 1.08. The van der Waals surface area contributed by atoms with Crippen molar-refractivity contribution in [3.8, 4) is 0 Å². The number of hydrogen-bond donors (Lipinski definition) is 0. The van der Waals surface area contributed by atoms with Crippen LogP contribution in [0.15, 0.2) is 112 Å². The minimum absolute atomic E-state index is 0.399.